The van der Waals surface area contributed by atoms with Crippen molar-refractivity contribution in [3.05, 3.63) is 0 Å². The number of hydrogen-bond donors (Lipinski definition) is 1. The van der Waals surface area contributed by atoms with Crippen molar-refractivity contribution in [1.29, 1.82) is 0 Å². The molecule has 2 saturated heterocycles. The number of amides is 2. The second kappa shape index (κ2) is 5.85. The average molecular weight is 294 g/mol. The van der Waals surface area contributed by atoms with Crippen LogP contribution in [0.2, 0.25) is 0 Å². The number of piperidine rings is 1. The van der Waals surface area contributed by atoms with Gasteiger partial charge in [0, 0.05) is 31.6 Å². The van der Waals surface area contributed by atoms with Crippen LogP contribution >= 0.6 is 0 Å². The maximum absolute atomic E-state index is 12.8. The Morgan fingerprint density at radius 3 is 2.19 bits per heavy atom. The third-order valence-corrected chi connectivity index (χ3v) is 5.69. The van der Waals surface area contributed by atoms with Crippen LogP contribution in [0.25, 0.3) is 0 Å². The number of carboxylic acids is 1. The van der Waals surface area contributed by atoms with Gasteiger partial charge in [-0.05, 0) is 44.4 Å². The van der Waals surface area contributed by atoms with Gasteiger partial charge in [-0.25, -0.2) is 4.79 Å². The van der Waals surface area contributed by atoms with E-state index in [1.54, 1.807) is 0 Å². The van der Waals surface area contributed by atoms with E-state index < -0.39 is 5.97 Å². The van der Waals surface area contributed by atoms with Crippen LogP contribution in [0.15, 0.2) is 0 Å². The van der Waals surface area contributed by atoms with Crippen LogP contribution < -0.4 is 0 Å². The molecule has 0 aromatic heterocycles. The molecule has 3 aliphatic rings. The van der Waals surface area contributed by atoms with Crippen LogP contribution in [-0.4, -0.2) is 52.1 Å². The Bertz CT molecular complexity index is 406. The van der Waals surface area contributed by atoms with Gasteiger partial charge in [0.15, 0.2) is 0 Å². The maximum atomic E-state index is 12.8. The fourth-order valence-corrected chi connectivity index (χ4v) is 4.65. The first-order valence-electron chi connectivity index (χ1n) is 8.33. The molecule has 2 bridgehead atoms. The highest BCUT2D eigenvalue weighted by Gasteiger charge is 2.45. The van der Waals surface area contributed by atoms with Gasteiger partial charge in [-0.1, -0.05) is 12.8 Å². The molecule has 3 rings (SSSR count). The smallest absolute Gasteiger partial charge is 0.320 e. The summed E-state index contributed by atoms with van der Waals surface area (Å²) in [6.07, 6.45) is 8.81. The van der Waals surface area contributed by atoms with Crippen molar-refractivity contribution in [3.63, 3.8) is 0 Å². The highest BCUT2D eigenvalue weighted by atomic mass is 16.4. The Hall–Kier alpha value is -1.26. The first-order valence-corrected chi connectivity index (χ1v) is 8.33. The Labute approximate surface area is 126 Å². The quantitative estimate of drug-likeness (QED) is 0.870. The van der Waals surface area contributed by atoms with Crippen LogP contribution in [0.3, 0.4) is 0 Å². The molecule has 2 aliphatic heterocycles. The third kappa shape index (κ3) is 2.87. The molecule has 1 N–H and O–H groups in total. The molecule has 0 aromatic rings. The van der Waals surface area contributed by atoms with E-state index in [1.165, 1.54) is 12.8 Å². The number of carboxylic acid groups (broad SMARTS) is 1. The van der Waals surface area contributed by atoms with Crippen molar-refractivity contribution in [1.82, 2.24) is 9.80 Å². The molecule has 5 heteroatoms. The zero-order valence-electron chi connectivity index (χ0n) is 12.8. The first kappa shape index (κ1) is 14.7. The van der Waals surface area contributed by atoms with Gasteiger partial charge in [0.1, 0.15) is 0 Å². The fourth-order valence-electron chi connectivity index (χ4n) is 4.65. The highest BCUT2D eigenvalue weighted by Crippen LogP contribution is 2.40. The van der Waals surface area contributed by atoms with Crippen molar-refractivity contribution in [2.75, 3.05) is 7.05 Å². The van der Waals surface area contributed by atoms with Gasteiger partial charge in [-0.3, -0.25) is 4.79 Å². The highest BCUT2D eigenvalue weighted by molar-refractivity contribution is 5.76. The number of fused-ring (bicyclic) bond motifs is 2. The minimum Gasteiger partial charge on any atom is -0.481 e. The summed E-state index contributed by atoms with van der Waals surface area (Å²) < 4.78 is 0. The lowest BCUT2D eigenvalue weighted by Crippen LogP contribution is -2.53. The summed E-state index contributed by atoms with van der Waals surface area (Å²) in [6.45, 7) is 0. The molecule has 118 valence electrons. The summed E-state index contributed by atoms with van der Waals surface area (Å²) in [5.74, 6) is -0.455. The summed E-state index contributed by atoms with van der Waals surface area (Å²) in [5, 5.41) is 8.98. The van der Waals surface area contributed by atoms with E-state index in [-0.39, 0.29) is 30.5 Å². The van der Waals surface area contributed by atoms with Crippen molar-refractivity contribution < 1.29 is 14.7 Å². The monoisotopic (exact) mass is 294 g/mol. The zero-order chi connectivity index (χ0) is 15.0. The molecule has 3 fully saturated rings. The predicted octanol–water partition coefficient (Wildman–Crippen LogP) is 2.70. The van der Waals surface area contributed by atoms with Crippen LogP contribution in [0.5, 0.6) is 0 Å². The normalized spacial score (nSPS) is 32.4. The molecular formula is C16H26N2O3. The molecule has 21 heavy (non-hydrogen) atoms. The van der Waals surface area contributed by atoms with E-state index >= 15 is 0 Å². The zero-order valence-corrected chi connectivity index (χ0v) is 12.8. The minimum atomic E-state index is -0.706. The van der Waals surface area contributed by atoms with Crippen molar-refractivity contribution in [3.8, 4) is 0 Å². The molecule has 2 heterocycles. The van der Waals surface area contributed by atoms with Crippen molar-refractivity contribution in [2.24, 2.45) is 5.92 Å². The van der Waals surface area contributed by atoms with Gasteiger partial charge in [-0.15, -0.1) is 0 Å². The Morgan fingerprint density at radius 2 is 1.67 bits per heavy atom. The second-order valence-electron chi connectivity index (χ2n) is 7.06. The largest absolute Gasteiger partial charge is 0.481 e. The second-order valence-corrected chi connectivity index (χ2v) is 7.06. The predicted molar refractivity (Wildman–Crippen MR) is 79.0 cm³/mol. The van der Waals surface area contributed by atoms with Gasteiger partial charge in [-0.2, -0.15) is 0 Å². The molecule has 2 unspecified atom stereocenters. The number of nitrogens with zero attached hydrogens (tertiary/aromatic N) is 2. The van der Waals surface area contributed by atoms with Gasteiger partial charge < -0.3 is 14.9 Å². The SMILES string of the molecule is CN(C(=O)N1C2CCC1CC(CC(=O)O)C2)C1CCCC1. The van der Waals surface area contributed by atoms with Crippen molar-refractivity contribution >= 4 is 12.0 Å². The number of carbonyl (C=O) groups excluding carboxylic acids is 1. The number of aliphatic carboxylic acids is 1. The summed E-state index contributed by atoms with van der Waals surface area (Å²) in [7, 11) is 1.95. The molecule has 1 aliphatic carbocycles. The summed E-state index contributed by atoms with van der Waals surface area (Å²) in [6, 6.07) is 1.13. The van der Waals surface area contributed by atoms with E-state index in [2.05, 4.69) is 4.90 Å². The van der Waals surface area contributed by atoms with E-state index in [9.17, 15) is 9.59 Å². The summed E-state index contributed by atoms with van der Waals surface area (Å²) in [4.78, 5) is 27.8. The van der Waals surface area contributed by atoms with Crippen LogP contribution in [-0.2, 0) is 4.79 Å². The molecule has 0 spiro atoms. The molecule has 0 radical (unpaired) electrons. The Morgan fingerprint density at radius 1 is 1.10 bits per heavy atom. The first-order chi connectivity index (χ1) is 10.1. The molecule has 2 atom stereocenters. The number of rotatable bonds is 3. The summed E-state index contributed by atoms with van der Waals surface area (Å²) in [5.41, 5.74) is 0. The number of carbonyl (C=O) groups is 2. The number of urea groups is 1. The molecule has 2 amide bonds. The van der Waals surface area contributed by atoms with Gasteiger partial charge in [0.05, 0.1) is 0 Å². The molecule has 1 saturated carbocycles. The fraction of sp³-hybridized carbons (Fsp3) is 0.875. The Balaban J connectivity index is 1.64. The average Bonchev–Trinajstić information content (AvgIpc) is 3.04. The lowest BCUT2D eigenvalue weighted by molar-refractivity contribution is -0.138. The molecular weight excluding hydrogens is 268 g/mol. The van der Waals surface area contributed by atoms with Crippen LogP contribution in [0, 0.1) is 5.92 Å². The molecule has 5 nitrogen and oxygen atoms in total. The van der Waals surface area contributed by atoms with Crippen LogP contribution in [0.4, 0.5) is 4.79 Å². The molecule has 0 aromatic carbocycles. The van der Waals surface area contributed by atoms with E-state index in [0.717, 1.165) is 38.5 Å². The van der Waals surface area contributed by atoms with Gasteiger partial charge >= 0.3 is 12.0 Å². The Kier molecular flexibility index (Phi) is 4.09. The lowest BCUT2D eigenvalue weighted by atomic mass is 9.88. The van der Waals surface area contributed by atoms with E-state index in [0.29, 0.717) is 6.04 Å². The van der Waals surface area contributed by atoms with Gasteiger partial charge in [0.25, 0.3) is 0 Å². The van der Waals surface area contributed by atoms with Crippen molar-refractivity contribution in [2.45, 2.75) is 75.9 Å². The standard InChI is InChI=1S/C16H26N2O3/c1-17(12-4-2-3-5-12)16(21)18-13-6-7-14(18)9-11(8-13)10-15(19)20/h11-14H,2-10H2,1H3,(H,19,20). The summed E-state index contributed by atoms with van der Waals surface area (Å²) >= 11 is 0. The lowest BCUT2D eigenvalue weighted by Gasteiger charge is -2.41. The van der Waals surface area contributed by atoms with E-state index in [4.69, 9.17) is 5.11 Å². The van der Waals surface area contributed by atoms with E-state index in [1.807, 2.05) is 11.9 Å². The minimum absolute atomic E-state index is 0.183. The van der Waals surface area contributed by atoms with Gasteiger partial charge in [0.2, 0.25) is 0 Å². The number of hydrogen-bond acceptors (Lipinski definition) is 2. The van der Waals surface area contributed by atoms with Crippen LogP contribution in [0.1, 0.15) is 57.8 Å². The maximum Gasteiger partial charge on any atom is 0.320 e. The third-order valence-electron chi connectivity index (χ3n) is 5.69. The topological polar surface area (TPSA) is 60.9 Å².